The number of benzene rings is 2. The molecule has 2 aromatic rings. The summed E-state index contributed by atoms with van der Waals surface area (Å²) in [5, 5.41) is 1.03. The van der Waals surface area contributed by atoms with Gasteiger partial charge in [-0.2, -0.15) is 13.2 Å². The predicted molar refractivity (Wildman–Crippen MR) is 62.0 cm³/mol. The number of halogens is 4. The number of aldehydes is 1. The monoisotopic (exact) mass is 302 g/mol. The van der Waals surface area contributed by atoms with Gasteiger partial charge in [0.05, 0.1) is 5.56 Å². The highest BCUT2D eigenvalue weighted by Gasteiger charge is 2.30. The van der Waals surface area contributed by atoms with Gasteiger partial charge in [-0.15, -0.1) is 0 Å². The van der Waals surface area contributed by atoms with Crippen molar-refractivity contribution in [3.05, 3.63) is 45.9 Å². The number of fused-ring (bicyclic) bond motifs is 1. The molecule has 0 radical (unpaired) electrons. The Balaban J connectivity index is 2.75. The Morgan fingerprint density at radius 3 is 2.35 bits per heavy atom. The van der Waals surface area contributed by atoms with E-state index in [2.05, 4.69) is 15.9 Å². The highest BCUT2D eigenvalue weighted by atomic mass is 79.9. The lowest BCUT2D eigenvalue weighted by Crippen LogP contribution is -2.04. The summed E-state index contributed by atoms with van der Waals surface area (Å²) in [5.41, 5.74) is -0.398. The molecule has 0 unspecified atom stereocenters. The minimum absolute atomic E-state index is 0.330. The molecule has 0 fully saturated rings. The quantitative estimate of drug-likeness (QED) is 0.712. The second kappa shape index (κ2) is 4.14. The van der Waals surface area contributed by atoms with Crippen molar-refractivity contribution in [2.24, 2.45) is 0 Å². The van der Waals surface area contributed by atoms with Crippen LogP contribution in [0.15, 0.2) is 34.8 Å². The molecule has 5 heteroatoms. The van der Waals surface area contributed by atoms with Crippen LogP contribution < -0.4 is 0 Å². The van der Waals surface area contributed by atoms with Gasteiger partial charge in [0, 0.05) is 10.0 Å². The number of carbonyl (C=O) groups is 1. The van der Waals surface area contributed by atoms with E-state index < -0.39 is 11.7 Å². The number of hydrogen-bond acceptors (Lipinski definition) is 1. The van der Waals surface area contributed by atoms with E-state index in [1.807, 2.05) is 0 Å². The molecule has 17 heavy (non-hydrogen) atoms. The zero-order valence-corrected chi connectivity index (χ0v) is 9.97. The van der Waals surface area contributed by atoms with Crippen molar-refractivity contribution in [3.8, 4) is 0 Å². The van der Waals surface area contributed by atoms with Crippen molar-refractivity contribution in [1.82, 2.24) is 0 Å². The van der Waals surface area contributed by atoms with Crippen molar-refractivity contribution < 1.29 is 18.0 Å². The predicted octanol–water partition coefficient (Wildman–Crippen LogP) is 4.43. The normalized spacial score (nSPS) is 11.8. The lowest BCUT2D eigenvalue weighted by Gasteiger charge is -2.09. The minimum Gasteiger partial charge on any atom is -0.298 e. The van der Waals surface area contributed by atoms with Crippen molar-refractivity contribution in [3.63, 3.8) is 0 Å². The third-order valence-corrected chi connectivity index (χ3v) is 3.32. The molecule has 0 saturated heterocycles. The first-order chi connectivity index (χ1) is 7.93. The summed E-state index contributed by atoms with van der Waals surface area (Å²) in [5.74, 6) is 0. The van der Waals surface area contributed by atoms with E-state index in [0.29, 0.717) is 27.1 Å². The number of hydrogen-bond donors (Lipinski definition) is 0. The molecule has 0 amide bonds. The first-order valence-corrected chi connectivity index (χ1v) is 5.47. The van der Waals surface area contributed by atoms with E-state index in [4.69, 9.17) is 0 Å². The second-order valence-corrected chi connectivity index (χ2v) is 4.31. The SMILES string of the molecule is O=Cc1ccc2ccc(C(F)(F)F)cc2c1Br. The van der Waals surface area contributed by atoms with E-state index in [1.54, 1.807) is 12.1 Å². The van der Waals surface area contributed by atoms with Gasteiger partial charge in [-0.3, -0.25) is 4.79 Å². The summed E-state index contributed by atoms with van der Waals surface area (Å²) in [6, 6.07) is 6.62. The number of alkyl halides is 3. The van der Waals surface area contributed by atoms with Crippen LogP contribution in [-0.2, 0) is 6.18 Å². The number of rotatable bonds is 1. The highest BCUT2D eigenvalue weighted by Crippen LogP contribution is 2.34. The van der Waals surface area contributed by atoms with E-state index in [-0.39, 0.29) is 0 Å². The number of carbonyl (C=O) groups excluding carboxylic acids is 1. The first-order valence-electron chi connectivity index (χ1n) is 4.68. The molecule has 0 heterocycles. The molecule has 0 saturated carbocycles. The summed E-state index contributed by atoms with van der Waals surface area (Å²) in [7, 11) is 0. The van der Waals surface area contributed by atoms with Gasteiger partial charge < -0.3 is 0 Å². The highest BCUT2D eigenvalue weighted by molar-refractivity contribution is 9.10. The molecule has 0 aromatic heterocycles. The average molecular weight is 303 g/mol. The van der Waals surface area contributed by atoms with Crippen LogP contribution in [0.4, 0.5) is 13.2 Å². The molecule has 0 aliphatic rings. The van der Waals surface area contributed by atoms with Gasteiger partial charge in [0.2, 0.25) is 0 Å². The third kappa shape index (κ3) is 2.20. The lowest BCUT2D eigenvalue weighted by atomic mass is 10.0. The van der Waals surface area contributed by atoms with Crippen LogP contribution in [0, 0.1) is 0 Å². The standard InChI is InChI=1S/C12H6BrF3O/c13-11-8(6-17)2-1-7-3-4-9(5-10(7)11)12(14,15)16/h1-6H. The molecular formula is C12H6BrF3O. The molecular weight excluding hydrogens is 297 g/mol. The van der Waals surface area contributed by atoms with Gasteiger partial charge in [0.25, 0.3) is 0 Å². The first kappa shape index (κ1) is 12.1. The van der Waals surface area contributed by atoms with Gasteiger partial charge in [0.15, 0.2) is 6.29 Å². The summed E-state index contributed by atoms with van der Waals surface area (Å²) in [6.45, 7) is 0. The van der Waals surface area contributed by atoms with Crippen molar-refractivity contribution in [2.75, 3.05) is 0 Å². The lowest BCUT2D eigenvalue weighted by molar-refractivity contribution is -0.137. The molecule has 0 bridgehead atoms. The van der Waals surface area contributed by atoms with E-state index in [9.17, 15) is 18.0 Å². The van der Waals surface area contributed by atoms with Crippen LogP contribution in [-0.4, -0.2) is 6.29 Å². The van der Waals surface area contributed by atoms with E-state index >= 15 is 0 Å². The molecule has 0 aliphatic heterocycles. The van der Waals surface area contributed by atoms with Gasteiger partial charge in [-0.1, -0.05) is 12.1 Å². The largest absolute Gasteiger partial charge is 0.416 e. The van der Waals surface area contributed by atoms with Gasteiger partial charge in [0.1, 0.15) is 0 Å². The Kier molecular flexibility index (Phi) is 2.95. The molecule has 0 spiro atoms. The third-order valence-electron chi connectivity index (χ3n) is 2.44. The molecule has 88 valence electrons. The van der Waals surface area contributed by atoms with Crippen LogP contribution in [0.25, 0.3) is 10.8 Å². The fourth-order valence-corrected chi connectivity index (χ4v) is 2.14. The summed E-state index contributed by atoms with van der Waals surface area (Å²) < 4.78 is 38.0. The fraction of sp³-hybridized carbons (Fsp3) is 0.0833. The zero-order chi connectivity index (χ0) is 12.6. The van der Waals surface area contributed by atoms with Crippen molar-refractivity contribution in [2.45, 2.75) is 6.18 Å². The summed E-state index contributed by atoms with van der Waals surface area (Å²) in [6.07, 6.45) is -3.78. The van der Waals surface area contributed by atoms with Crippen LogP contribution in [0.3, 0.4) is 0 Å². The Hall–Kier alpha value is -1.36. The Morgan fingerprint density at radius 1 is 1.12 bits per heavy atom. The Labute approximate surface area is 103 Å². The average Bonchev–Trinajstić information content (AvgIpc) is 2.28. The Bertz CT molecular complexity index is 590. The maximum absolute atomic E-state index is 12.5. The van der Waals surface area contributed by atoms with Crippen LogP contribution in [0.5, 0.6) is 0 Å². The second-order valence-electron chi connectivity index (χ2n) is 3.52. The van der Waals surface area contributed by atoms with Gasteiger partial charge >= 0.3 is 6.18 Å². The van der Waals surface area contributed by atoms with Crippen LogP contribution in [0.1, 0.15) is 15.9 Å². The molecule has 0 N–H and O–H groups in total. The molecule has 2 aromatic carbocycles. The molecule has 2 rings (SSSR count). The van der Waals surface area contributed by atoms with Gasteiger partial charge in [-0.25, -0.2) is 0 Å². The van der Waals surface area contributed by atoms with E-state index in [0.717, 1.165) is 12.1 Å². The molecule has 0 atom stereocenters. The van der Waals surface area contributed by atoms with Crippen LogP contribution >= 0.6 is 15.9 Å². The molecule has 0 aliphatic carbocycles. The maximum Gasteiger partial charge on any atom is 0.416 e. The smallest absolute Gasteiger partial charge is 0.298 e. The Morgan fingerprint density at radius 2 is 1.76 bits per heavy atom. The summed E-state index contributed by atoms with van der Waals surface area (Å²) >= 11 is 3.14. The maximum atomic E-state index is 12.5. The van der Waals surface area contributed by atoms with Crippen LogP contribution in [0.2, 0.25) is 0 Å². The fourth-order valence-electron chi connectivity index (χ4n) is 1.57. The topological polar surface area (TPSA) is 17.1 Å². The van der Waals surface area contributed by atoms with E-state index in [1.165, 1.54) is 6.07 Å². The van der Waals surface area contributed by atoms with Gasteiger partial charge in [-0.05, 0) is 44.9 Å². The summed E-state index contributed by atoms with van der Waals surface area (Å²) in [4.78, 5) is 10.7. The zero-order valence-electron chi connectivity index (χ0n) is 8.38. The minimum atomic E-state index is -4.38. The van der Waals surface area contributed by atoms with Crippen molar-refractivity contribution in [1.29, 1.82) is 0 Å². The molecule has 1 nitrogen and oxygen atoms in total. The van der Waals surface area contributed by atoms with Crippen molar-refractivity contribution >= 4 is 33.0 Å².